The minimum atomic E-state index is 0.775. The molecular formula is C14H26O. The van der Waals surface area contributed by atoms with E-state index in [1.807, 2.05) is 0 Å². The second kappa shape index (κ2) is 7.90. The lowest BCUT2D eigenvalue weighted by atomic mass is 9.74. The van der Waals surface area contributed by atoms with E-state index in [4.69, 9.17) is 0 Å². The maximum atomic E-state index is 10.3. The Morgan fingerprint density at radius 1 is 1.07 bits per heavy atom. The van der Waals surface area contributed by atoms with Crippen LogP contribution in [0.1, 0.15) is 71.1 Å². The summed E-state index contributed by atoms with van der Waals surface area (Å²) in [5.41, 5.74) is 0. The molecule has 0 aliphatic heterocycles. The van der Waals surface area contributed by atoms with Gasteiger partial charge in [0.05, 0.1) is 0 Å². The quantitative estimate of drug-likeness (QED) is 0.451. The van der Waals surface area contributed by atoms with E-state index in [0.717, 1.165) is 31.0 Å². The van der Waals surface area contributed by atoms with E-state index >= 15 is 0 Å². The van der Waals surface area contributed by atoms with E-state index in [0.29, 0.717) is 0 Å². The molecule has 0 aromatic heterocycles. The molecule has 0 N–H and O–H groups in total. The lowest BCUT2D eigenvalue weighted by molar-refractivity contribution is -0.108. The molecule has 0 radical (unpaired) electrons. The highest BCUT2D eigenvalue weighted by Gasteiger charge is 2.23. The molecule has 0 heterocycles. The second-order valence-electron chi connectivity index (χ2n) is 5.04. The van der Waals surface area contributed by atoms with Crippen LogP contribution in [0.25, 0.3) is 0 Å². The Labute approximate surface area is 94.6 Å². The maximum absolute atomic E-state index is 10.3. The van der Waals surface area contributed by atoms with Crippen molar-refractivity contribution in [1.82, 2.24) is 0 Å². The summed E-state index contributed by atoms with van der Waals surface area (Å²) in [4.78, 5) is 10.3. The molecular weight excluding hydrogens is 184 g/mol. The molecule has 88 valence electrons. The van der Waals surface area contributed by atoms with Crippen molar-refractivity contribution in [2.24, 2.45) is 11.8 Å². The van der Waals surface area contributed by atoms with Crippen molar-refractivity contribution in [3.63, 3.8) is 0 Å². The van der Waals surface area contributed by atoms with Gasteiger partial charge in [-0.25, -0.2) is 0 Å². The molecule has 1 heteroatoms. The highest BCUT2D eigenvalue weighted by Crippen LogP contribution is 2.36. The van der Waals surface area contributed by atoms with Gasteiger partial charge in [-0.05, 0) is 24.7 Å². The molecule has 0 aromatic rings. The summed E-state index contributed by atoms with van der Waals surface area (Å²) in [6, 6.07) is 0. The van der Waals surface area contributed by atoms with Gasteiger partial charge in [0.15, 0.2) is 0 Å². The van der Waals surface area contributed by atoms with Crippen LogP contribution in [0.5, 0.6) is 0 Å². The largest absolute Gasteiger partial charge is 0.303 e. The molecule has 0 amide bonds. The standard InChI is InChI=1S/C14H26O/c1-2-3-8-13-9-4-5-10-14(13)11-6-7-12-15/h12-14H,2-11H2,1H3. The van der Waals surface area contributed by atoms with Crippen LogP contribution in [0.4, 0.5) is 0 Å². The summed E-state index contributed by atoms with van der Waals surface area (Å²) < 4.78 is 0. The third kappa shape index (κ3) is 4.81. The summed E-state index contributed by atoms with van der Waals surface area (Å²) in [6.45, 7) is 2.28. The molecule has 0 spiro atoms. The molecule has 2 unspecified atom stereocenters. The molecule has 15 heavy (non-hydrogen) atoms. The predicted molar refractivity (Wildman–Crippen MR) is 64.9 cm³/mol. The fraction of sp³-hybridized carbons (Fsp3) is 0.929. The van der Waals surface area contributed by atoms with Crippen LogP contribution in [0, 0.1) is 11.8 Å². The molecule has 1 nitrogen and oxygen atoms in total. The number of hydrogen-bond donors (Lipinski definition) is 0. The smallest absolute Gasteiger partial charge is 0.119 e. The van der Waals surface area contributed by atoms with Crippen molar-refractivity contribution in [3.8, 4) is 0 Å². The van der Waals surface area contributed by atoms with Crippen LogP contribution in [0.15, 0.2) is 0 Å². The predicted octanol–water partition coefficient (Wildman–Crippen LogP) is 4.35. The molecule has 0 saturated heterocycles. The molecule has 1 saturated carbocycles. The van der Waals surface area contributed by atoms with Crippen LogP contribution < -0.4 is 0 Å². The van der Waals surface area contributed by atoms with Crippen LogP contribution in [0.2, 0.25) is 0 Å². The Morgan fingerprint density at radius 2 is 1.67 bits per heavy atom. The summed E-state index contributed by atoms with van der Waals surface area (Å²) in [7, 11) is 0. The van der Waals surface area contributed by atoms with Crippen LogP contribution in [-0.4, -0.2) is 6.29 Å². The zero-order valence-electron chi connectivity index (χ0n) is 10.2. The zero-order valence-corrected chi connectivity index (χ0v) is 10.2. The molecule has 2 atom stereocenters. The second-order valence-corrected chi connectivity index (χ2v) is 5.04. The van der Waals surface area contributed by atoms with Crippen LogP contribution in [-0.2, 0) is 4.79 Å². The average Bonchev–Trinajstić information content (AvgIpc) is 2.28. The van der Waals surface area contributed by atoms with Crippen molar-refractivity contribution in [1.29, 1.82) is 0 Å². The number of rotatable bonds is 7. The average molecular weight is 210 g/mol. The minimum absolute atomic E-state index is 0.775. The Balaban J connectivity index is 2.25. The minimum Gasteiger partial charge on any atom is -0.303 e. The number of aldehydes is 1. The summed E-state index contributed by atoms with van der Waals surface area (Å²) in [5, 5.41) is 0. The highest BCUT2D eigenvalue weighted by atomic mass is 16.1. The van der Waals surface area contributed by atoms with Gasteiger partial charge in [-0.3, -0.25) is 0 Å². The summed E-state index contributed by atoms with van der Waals surface area (Å²) in [5.74, 6) is 1.91. The first kappa shape index (κ1) is 12.7. The molecule has 1 fully saturated rings. The first-order valence-electron chi connectivity index (χ1n) is 6.82. The van der Waals surface area contributed by atoms with Gasteiger partial charge in [0, 0.05) is 6.42 Å². The van der Waals surface area contributed by atoms with E-state index in [1.165, 1.54) is 51.4 Å². The molecule has 0 aromatic carbocycles. The van der Waals surface area contributed by atoms with Crippen molar-refractivity contribution in [3.05, 3.63) is 0 Å². The number of unbranched alkanes of at least 4 members (excludes halogenated alkanes) is 2. The zero-order chi connectivity index (χ0) is 10.9. The highest BCUT2D eigenvalue weighted by molar-refractivity contribution is 5.48. The van der Waals surface area contributed by atoms with E-state index in [2.05, 4.69) is 6.92 Å². The van der Waals surface area contributed by atoms with Crippen molar-refractivity contribution < 1.29 is 4.79 Å². The number of hydrogen-bond acceptors (Lipinski definition) is 1. The summed E-state index contributed by atoms with van der Waals surface area (Å²) >= 11 is 0. The van der Waals surface area contributed by atoms with Crippen molar-refractivity contribution in [2.45, 2.75) is 71.1 Å². The van der Waals surface area contributed by atoms with Gasteiger partial charge in [0.1, 0.15) is 6.29 Å². The van der Waals surface area contributed by atoms with E-state index < -0.39 is 0 Å². The molecule has 1 aliphatic carbocycles. The van der Waals surface area contributed by atoms with Gasteiger partial charge in [-0.2, -0.15) is 0 Å². The Kier molecular flexibility index (Phi) is 6.71. The Morgan fingerprint density at radius 3 is 2.20 bits per heavy atom. The normalized spacial score (nSPS) is 26.5. The fourth-order valence-electron chi connectivity index (χ4n) is 2.97. The summed E-state index contributed by atoms with van der Waals surface area (Å²) in [6.07, 6.45) is 14.2. The monoisotopic (exact) mass is 210 g/mol. The van der Waals surface area contributed by atoms with Gasteiger partial charge in [-0.1, -0.05) is 51.9 Å². The van der Waals surface area contributed by atoms with E-state index in [1.54, 1.807) is 0 Å². The first-order valence-corrected chi connectivity index (χ1v) is 6.82. The fourth-order valence-corrected chi connectivity index (χ4v) is 2.97. The van der Waals surface area contributed by atoms with Crippen molar-refractivity contribution in [2.75, 3.05) is 0 Å². The lowest BCUT2D eigenvalue weighted by Crippen LogP contribution is -2.19. The number of carbonyl (C=O) groups excluding carboxylic acids is 1. The molecule has 0 bridgehead atoms. The van der Waals surface area contributed by atoms with Crippen LogP contribution >= 0.6 is 0 Å². The van der Waals surface area contributed by atoms with Gasteiger partial charge in [0.2, 0.25) is 0 Å². The third-order valence-corrected chi connectivity index (χ3v) is 3.89. The molecule has 1 rings (SSSR count). The SMILES string of the molecule is CCCCC1CCCCC1CCCC=O. The van der Waals surface area contributed by atoms with Gasteiger partial charge < -0.3 is 4.79 Å². The van der Waals surface area contributed by atoms with Gasteiger partial charge >= 0.3 is 0 Å². The Hall–Kier alpha value is -0.330. The van der Waals surface area contributed by atoms with E-state index in [-0.39, 0.29) is 0 Å². The number of carbonyl (C=O) groups is 1. The maximum Gasteiger partial charge on any atom is 0.119 e. The van der Waals surface area contributed by atoms with Gasteiger partial charge in [-0.15, -0.1) is 0 Å². The Bertz CT molecular complexity index is 165. The van der Waals surface area contributed by atoms with E-state index in [9.17, 15) is 4.79 Å². The van der Waals surface area contributed by atoms with Crippen molar-refractivity contribution >= 4 is 6.29 Å². The van der Waals surface area contributed by atoms with Crippen LogP contribution in [0.3, 0.4) is 0 Å². The van der Waals surface area contributed by atoms with Gasteiger partial charge in [0.25, 0.3) is 0 Å². The molecule has 1 aliphatic rings. The topological polar surface area (TPSA) is 17.1 Å². The lowest BCUT2D eigenvalue weighted by Gasteiger charge is -2.31. The first-order chi connectivity index (χ1) is 7.38. The third-order valence-electron chi connectivity index (χ3n) is 3.89.